The molecule has 0 bridgehead atoms. The summed E-state index contributed by atoms with van der Waals surface area (Å²) in [6.07, 6.45) is 1.38. The highest BCUT2D eigenvalue weighted by Gasteiger charge is 2.31. The first-order valence-corrected chi connectivity index (χ1v) is 6.51. The third-order valence-corrected chi connectivity index (χ3v) is 3.30. The minimum atomic E-state index is -0.832. The molecular formula is C12H21N3O4. The molecule has 1 aliphatic heterocycles. The van der Waals surface area contributed by atoms with Crippen molar-refractivity contribution in [3.63, 3.8) is 0 Å². The van der Waals surface area contributed by atoms with Crippen LogP contribution in [0, 0.1) is 5.92 Å². The maximum absolute atomic E-state index is 11.8. The van der Waals surface area contributed by atoms with Gasteiger partial charge >= 0.3 is 12.0 Å². The Morgan fingerprint density at radius 1 is 1.42 bits per heavy atom. The molecule has 0 aromatic heterocycles. The second-order valence-corrected chi connectivity index (χ2v) is 4.70. The highest BCUT2D eigenvalue weighted by molar-refractivity contribution is 5.96. The summed E-state index contributed by atoms with van der Waals surface area (Å²) >= 11 is 0. The fourth-order valence-electron chi connectivity index (χ4n) is 2.15. The molecule has 2 unspecified atom stereocenters. The second-order valence-electron chi connectivity index (χ2n) is 4.70. The Bertz CT molecular complexity index is 359. The number of nitrogens with zero attached hydrogens (tertiary/aromatic N) is 1. The van der Waals surface area contributed by atoms with E-state index in [0.717, 1.165) is 6.42 Å². The Hall–Kier alpha value is -1.63. The lowest BCUT2D eigenvalue weighted by molar-refractivity contribution is -0.144. The molecule has 3 N–H and O–H groups in total. The van der Waals surface area contributed by atoms with Crippen LogP contribution in [0.15, 0.2) is 0 Å². The van der Waals surface area contributed by atoms with Crippen LogP contribution in [0.5, 0.6) is 0 Å². The molecule has 2 atom stereocenters. The van der Waals surface area contributed by atoms with Gasteiger partial charge in [-0.25, -0.2) is 4.79 Å². The molecule has 7 heteroatoms. The molecular weight excluding hydrogens is 250 g/mol. The second kappa shape index (κ2) is 7.08. The van der Waals surface area contributed by atoms with Gasteiger partial charge in [0.25, 0.3) is 0 Å². The van der Waals surface area contributed by atoms with Crippen molar-refractivity contribution >= 4 is 17.9 Å². The number of imide groups is 1. The van der Waals surface area contributed by atoms with Gasteiger partial charge in [-0.1, -0.05) is 0 Å². The summed E-state index contributed by atoms with van der Waals surface area (Å²) in [5.41, 5.74) is 0. The van der Waals surface area contributed by atoms with Gasteiger partial charge in [0.1, 0.15) is 0 Å². The van der Waals surface area contributed by atoms with E-state index in [0.29, 0.717) is 26.1 Å². The molecule has 0 radical (unpaired) electrons. The number of carboxylic acids is 1. The Kier molecular flexibility index (Phi) is 5.75. The van der Waals surface area contributed by atoms with Gasteiger partial charge in [-0.2, -0.15) is 0 Å². The topological polar surface area (TPSA) is 98.7 Å². The number of amides is 3. The Labute approximate surface area is 112 Å². The number of nitrogens with one attached hydrogen (secondary N) is 2. The third-order valence-electron chi connectivity index (χ3n) is 3.30. The van der Waals surface area contributed by atoms with E-state index in [4.69, 9.17) is 5.11 Å². The minimum absolute atomic E-state index is 0.347. The zero-order valence-electron chi connectivity index (χ0n) is 11.3. The Balaban J connectivity index is 2.51. The number of rotatable bonds is 4. The zero-order chi connectivity index (χ0) is 14.4. The van der Waals surface area contributed by atoms with Crippen LogP contribution in [-0.2, 0) is 9.59 Å². The fraction of sp³-hybridized carbons (Fsp3) is 0.750. The normalized spacial score (nSPS) is 21.5. The molecule has 19 heavy (non-hydrogen) atoms. The predicted molar refractivity (Wildman–Crippen MR) is 68.6 cm³/mol. The molecule has 0 aromatic rings. The van der Waals surface area contributed by atoms with Crippen molar-refractivity contribution in [2.75, 3.05) is 19.6 Å². The van der Waals surface area contributed by atoms with Gasteiger partial charge < -0.3 is 10.4 Å². The zero-order valence-corrected chi connectivity index (χ0v) is 11.3. The molecule has 1 heterocycles. The number of urea groups is 1. The van der Waals surface area contributed by atoms with Crippen molar-refractivity contribution in [2.45, 2.75) is 32.7 Å². The van der Waals surface area contributed by atoms with E-state index in [-0.39, 0.29) is 0 Å². The van der Waals surface area contributed by atoms with E-state index >= 15 is 0 Å². The average molecular weight is 271 g/mol. The summed E-state index contributed by atoms with van der Waals surface area (Å²) in [4.78, 5) is 35.9. The van der Waals surface area contributed by atoms with Crippen molar-refractivity contribution < 1.29 is 19.5 Å². The van der Waals surface area contributed by atoms with E-state index in [1.807, 2.05) is 0 Å². The SMILES string of the molecule is CCNC(=O)NC(=O)C(C)N1CCCC(C(=O)O)C1. The van der Waals surface area contributed by atoms with E-state index in [9.17, 15) is 14.4 Å². The first kappa shape index (κ1) is 15.4. The van der Waals surface area contributed by atoms with Crippen molar-refractivity contribution in [1.29, 1.82) is 0 Å². The number of hydrogen-bond acceptors (Lipinski definition) is 4. The third kappa shape index (κ3) is 4.51. The molecule has 1 fully saturated rings. The van der Waals surface area contributed by atoms with E-state index in [1.165, 1.54) is 0 Å². The maximum atomic E-state index is 11.8. The molecule has 3 amide bonds. The lowest BCUT2D eigenvalue weighted by Gasteiger charge is -2.34. The van der Waals surface area contributed by atoms with Gasteiger partial charge in [-0.3, -0.25) is 19.8 Å². The highest BCUT2D eigenvalue weighted by atomic mass is 16.4. The smallest absolute Gasteiger partial charge is 0.321 e. The van der Waals surface area contributed by atoms with Crippen LogP contribution >= 0.6 is 0 Å². The maximum Gasteiger partial charge on any atom is 0.321 e. The Morgan fingerprint density at radius 2 is 2.11 bits per heavy atom. The molecule has 1 saturated heterocycles. The standard InChI is InChI=1S/C12H21N3O4/c1-3-13-12(19)14-10(16)8(2)15-6-4-5-9(7-15)11(17)18/h8-9H,3-7H2,1-2H3,(H,17,18)(H2,13,14,16,19). The van der Waals surface area contributed by atoms with Crippen LogP contribution in [0.1, 0.15) is 26.7 Å². The fourth-order valence-corrected chi connectivity index (χ4v) is 2.15. The first-order valence-electron chi connectivity index (χ1n) is 6.51. The predicted octanol–water partition coefficient (Wildman–Crippen LogP) is 0.0172. The van der Waals surface area contributed by atoms with Crippen molar-refractivity contribution in [2.24, 2.45) is 5.92 Å². The van der Waals surface area contributed by atoms with Gasteiger partial charge in [0, 0.05) is 13.1 Å². The van der Waals surface area contributed by atoms with Gasteiger partial charge in [-0.15, -0.1) is 0 Å². The quantitative estimate of drug-likeness (QED) is 0.669. The average Bonchev–Trinajstić information content (AvgIpc) is 2.38. The van der Waals surface area contributed by atoms with Gasteiger partial charge in [0.15, 0.2) is 0 Å². The van der Waals surface area contributed by atoms with E-state index < -0.39 is 29.9 Å². The van der Waals surface area contributed by atoms with Crippen molar-refractivity contribution in [3.05, 3.63) is 0 Å². The monoisotopic (exact) mass is 271 g/mol. The molecule has 0 spiro atoms. The lowest BCUT2D eigenvalue weighted by Crippen LogP contribution is -2.52. The summed E-state index contributed by atoms with van der Waals surface area (Å²) in [6, 6.07) is -1.03. The molecule has 0 aliphatic carbocycles. The highest BCUT2D eigenvalue weighted by Crippen LogP contribution is 2.18. The number of aliphatic carboxylic acids is 1. The van der Waals surface area contributed by atoms with E-state index in [2.05, 4.69) is 10.6 Å². The number of piperidine rings is 1. The molecule has 0 saturated carbocycles. The lowest BCUT2D eigenvalue weighted by atomic mass is 9.97. The van der Waals surface area contributed by atoms with Gasteiger partial charge in [0.2, 0.25) is 5.91 Å². The summed E-state index contributed by atoms with van der Waals surface area (Å²) in [5, 5.41) is 13.7. The molecule has 7 nitrogen and oxygen atoms in total. The van der Waals surface area contributed by atoms with Crippen molar-refractivity contribution in [1.82, 2.24) is 15.5 Å². The number of hydrogen-bond donors (Lipinski definition) is 3. The van der Waals surface area contributed by atoms with Gasteiger partial charge in [-0.05, 0) is 33.2 Å². The van der Waals surface area contributed by atoms with Gasteiger partial charge in [0.05, 0.1) is 12.0 Å². The van der Waals surface area contributed by atoms with Crippen LogP contribution in [-0.4, -0.2) is 53.6 Å². The summed E-state index contributed by atoms with van der Waals surface area (Å²) in [7, 11) is 0. The van der Waals surface area contributed by atoms with Crippen molar-refractivity contribution in [3.8, 4) is 0 Å². The van der Waals surface area contributed by atoms with Crippen LogP contribution in [0.2, 0.25) is 0 Å². The van der Waals surface area contributed by atoms with Crippen LogP contribution < -0.4 is 10.6 Å². The van der Waals surface area contributed by atoms with Crippen LogP contribution in [0.25, 0.3) is 0 Å². The number of carbonyl (C=O) groups excluding carboxylic acids is 2. The summed E-state index contributed by atoms with van der Waals surface area (Å²) in [6.45, 7) is 4.90. The Morgan fingerprint density at radius 3 is 2.68 bits per heavy atom. The largest absolute Gasteiger partial charge is 0.481 e. The summed E-state index contributed by atoms with van der Waals surface area (Å²) < 4.78 is 0. The number of carboxylic acid groups (broad SMARTS) is 1. The van der Waals surface area contributed by atoms with Crippen LogP contribution in [0.4, 0.5) is 4.79 Å². The first-order chi connectivity index (χ1) is 8.95. The summed E-state index contributed by atoms with van der Waals surface area (Å²) in [5.74, 6) is -1.67. The van der Waals surface area contributed by atoms with E-state index in [1.54, 1.807) is 18.7 Å². The molecule has 1 rings (SSSR count). The number of carbonyl (C=O) groups is 3. The number of likely N-dealkylation sites (tertiary alicyclic amines) is 1. The molecule has 1 aliphatic rings. The minimum Gasteiger partial charge on any atom is -0.481 e. The molecule has 108 valence electrons. The molecule has 0 aromatic carbocycles. The van der Waals surface area contributed by atoms with Crippen LogP contribution in [0.3, 0.4) is 0 Å².